The van der Waals surface area contributed by atoms with Crippen LogP contribution in [-0.4, -0.2) is 18.3 Å². The van der Waals surface area contributed by atoms with Gasteiger partial charge >= 0.3 is 0 Å². The van der Waals surface area contributed by atoms with Gasteiger partial charge in [-0.15, -0.1) is 0 Å². The maximum Gasteiger partial charge on any atom is 0.286 e. The minimum Gasteiger partial charge on any atom is -0.0978 e. The molecule has 0 aliphatic rings. The van der Waals surface area contributed by atoms with E-state index in [0.717, 1.165) is 0 Å². The van der Waals surface area contributed by atoms with Crippen LogP contribution in [0.4, 0.5) is 19.4 Å². The Morgan fingerprint density at radius 1 is 1.08 bits per heavy atom. The van der Waals surface area contributed by atoms with Crippen molar-refractivity contribution in [1.29, 1.82) is 0 Å². The summed E-state index contributed by atoms with van der Waals surface area (Å²) < 4.78 is 58.8. The molecule has 0 spiro atoms. The van der Waals surface area contributed by atoms with E-state index in [1.807, 2.05) is 0 Å². The highest BCUT2D eigenvalue weighted by Crippen LogP contribution is 2.98. The Hall–Kier alpha value is 0.697. The monoisotopic (exact) mass is 306 g/mol. The van der Waals surface area contributed by atoms with E-state index in [0.29, 0.717) is 0 Å². The highest BCUT2D eigenvalue weighted by Gasteiger charge is 2.64. The Kier molecular flexibility index (Phi) is 2.77. The van der Waals surface area contributed by atoms with Crippen molar-refractivity contribution >= 4 is 34.2 Å². The van der Waals surface area contributed by atoms with Gasteiger partial charge in [0.2, 0.25) is 0 Å². The molecule has 0 fully saturated rings. The summed E-state index contributed by atoms with van der Waals surface area (Å²) in [5, 5.41) is 0. The molecule has 0 aliphatic carbocycles. The zero-order chi connectivity index (χ0) is 11.2. The summed E-state index contributed by atoms with van der Waals surface area (Å²) >= 11 is 2.70. The Balaban J connectivity index is 4.68. The highest BCUT2D eigenvalue weighted by molar-refractivity contribution is 9.10. The zero-order valence-corrected chi connectivity index (χ0v) is 10.9. The van der Waals surface area contributed by atoms with Gasteiger partial charge in [-0.2, -0.15) is 0 Å². The first kappa shape index (κ1) is 13.7. The molecule has 0 saturated heterocycles. The van der Waals surface area contributed by atoms with Gasteiger partial charge in [-0.3, -0.25) is 0 Å². The molecule has 0 amide bonds. The van der Waals surface area contributed by atoms with Crippen LogP contribution in [0.15, 0.2) is 0 Å². The molecule has 8 heteroatoms. The number of alkyl halides is 1. The lowest BCUT2D eigenvalue weighted by Gasteiger charge is -2.43. The topological polar surface area (TPSA) is 0 Å². The third kappa shape index (κ3) is 7.74. The Labute approximate surface area is 83.7 Å². The number of hydrogen-bond donors (Lipinski definition) is 0. The zero-order valence-electron chi connectivity index (χ0n) is 7.46. The van der Waals surface area contributed by atoms with Crippen molar-refractivity contribution in [3.8, 4) is 0 Å². The van der Waals surface area contributed by atoms with Gasteiger partial charge in [0, 0.05) is 4.45 Å². The number of hydrogen-bond acceptors (Lipinski definition) is 0. The van der Waals surface area contributed by atoms with Crippen LogP contribution >= 0.6 is 26.2 Å². The average molecular weight is 307 g/mol. The summed E-state index contributed by atoms with van der Waals surface area (Å²) in [6.45, 7) is 4.82. The largest absolute Gasteiger partial charge is 0.286 e. The molecule has 0 aromatic carbocycles. The molecule has 0 radical (unpaired) electrons. The van der Waals surface area contributed by atoms with Gasteiger partial charge in [-0.05, 0) is 0 Å². The lowest BCUT2D eigenvalue weighted by Crippen LogP contribution is -2.39. The standard InChI is InChI=1S/C5H12BrF5SSi/c1-13(2,3)5(6)4-12(7,8,9,10)11/h5H,4H2,1-3H3. The molecule has 13 heavy (non-hydrogen) atoms. The summed E-state index contributed by atoms with van der Waals surface area (Å²) in [6, 6.07) is 0. The van der Waals surface area contributed by atoms with E-state index >= 15 is 0 Å². The van der Waals surface area contributed by atoms with Gasteiger partial charge in [0.25, 0.3) is 10.2 Å². The third-order valence-electron chi connectivity index (χ3n) is 1.40. The van der Waals surface area contributed by atoms with Gasteiger partial charge < -0.3 is 0 Å². The molecule has 0 N–H and O–H groups in total. The van der Waals surface area contributed by atoms with Crippen molar-refractivity contribution in [2.45, 2.75) is 24.1 Å². The molecule has 84 valence electrons. The van der Waals surface area contributed by atoms with Crippen LogP contribution < -0.4 is 0 Å². The quantitative estimate of drug-likeness (QED) is 0.394. The van der Waals surface area contributed by atoms with Gasteiger partial charge in [0.05, 0.1) is 13.8 Å². The summed E-state index contributed by atoms with van der Waals surface area (Å²) in [5.74, 6) is -1.99. The molecule has 0 heterocycles. The first-order chi connectivity index (χ1) is 5.10. The van der Waals surface area contributed by atoms with E-state index in [-0.39, 0.29) is 0 Å². The number of halogens is 6. The summed E-state index contributed by atoms with van der Waals surface area (Å²) in [5.41, 5.74) is 0. The fraction of sp³-hybridized carbons (Fsp3) is 1.00. The molecule has 0 bridgehead atoms. The molecule has 0 saturated carbocycles. The molecular formula is C5H12BrF5SSi. The Morgan fingerprint density at radius 3 is 1.46 bits per heavy atom. The first-order valence-electron chi connectivity index (χ1n) is 3.48. The Morgan fingerprint density at radius 2 is 1.38 bits per heavy atom. The lowest BCUT2D eigenvalue weighted by molar-refractivity contribution is 0.366. The summed E-state index contributed by atoms with van der Waals surface area (Å²) in [4.78, 5) is 0. The molecule has 0 aliphatic heterocycles. The fourth-order valence-corrected chi connectivity index (χ4v) is 5.52. The second-order valence-corrected chi connectivity index (χ2v) is 14.1. The molecule has 1 unspecified atom stereocenters. The smallest absolute Gasteiger partial charge is 0.0978 e. The van der Waals surface area contributed by atoms with Crippen LogP contribution in [0.25, 0.3) is 0 Å². The predicted molar refractivity (Wildman–Crippen MR) is 54.1 cm³/mol. The van der Waals surface area contributed by atoms with E-state index < -0.39 is 28.5 Å². The van der Waals surface area contributed by atoms with E-state index in [2.05, 4.69) is 15.9 Å². The third-order valence-corrected chi connectivity index (χ3v) is 9.62. The average Bonchev–Trinajstić information content (AvgIpc) is 1.51. The van der Waals surface area contributed by atoms with Gasteiger partial charge in [0.15, 0.2) is 0 Å². The maximum atomic E-state index is 12.0. The van der Waals surface area contributed by atoms with Gasteiger partial charge in [-0.1, -0.05) is 55.0 Å². The van der Waals surface area contributed by atoms with Crippen molar-refractivity contribution in [2.24, 2.45) is 0 Å². The molecule has 0 aromatic heterocycles. The second kappa shape index (κ2) is 2.63. The maximum absolute atomic E-state index is 12.0. The summed E-state index contributed by atoms with van der Waals surface area (Å²) in [7, 11) is -11.5. The minimum atomic E-state index is -9.23. The van der Waals surface area contributed by atoms with Crippen LogP contribution in [0, 0.1) is 0 Å². The van der Waals surface area contributed by atoms with Crippen molar-refractivity contribution in [2.75, 3.05) is 5.75 Å². The van der Waals surface area contributed by atoms with Crippen LogP contribution in [0.1, 0.15) is 0 Å². The molecule has 1 atom stereocenters. The second-order valence-electron chi connectivity index (χ2n) is 4.13. The molecule has 0 nitrogen and oxygen atoms in total. The van der Waals surface area contributed by atoms with E-state index in [9.17, 15) is 19.4 Å². The highest BCUT2D eigenvalue weighted by atomic mass is 79.9. The van der Waals surface area contributed by atoms with Crippen molar-refractivity contribution in [1.82, 2.24) is 0 Å². The van der Waals surface area contributed by atoms with Gasteiger partial charge in [-0.25, -0.2) is 0 Å². The molecule has 0 aromatic rings. The van der Waals surface area contributed by atoms with E-state index in [4.69, 9.17) is 0 Å². The van der Waals surface area contributed by atoms with Crippen LogP contribution in [0.5, 0.6) is 0 Å². The number of rotatable bonds is 3. The van der Waals surface area contributed by atoms with Gasteiger partial charge in [0.1, 0.15) is 0 Å². The first-order valence-corrected chi connectivity index (χ1v) is 10.1. The normalized spacial score (nSPS) is 21.9. The molecule has 0 rings (SSSR count). The van der Waals surface area contributed by atoms with Crippen molar-refractivity contribution < 1.29 is 19.4 Å². The van der Waals surface area contributed by atoms with Crippen LogP contribution in [0.3, 0.4) is 0 Å². The van der Waals surface area contributed by atoms with Crippen LogP contribution in [0.2, 0.25) is 19.6 Å². The molecular weight excluding hydrogens is 295 g/mol. The summed E-state index contributed by atoms with van der Waals surface area (Å²) in [6.07, 6.45) is 0. The predicted octanol–water partition coefficient (Wildman–Crippen LogP) is 4.93. The Bertz CT molecular complexity index is 203. The van der Waals surface area contributed by atoms with E-state index in [1.165, 1.54) is 0 Å². The van der Waals surface area contributed by atoms with E-state index in [1.54, 1.807) is 19.6 Å². The SMILES string of the molecule is C[Si](C)(C)C(Br)CS(F)(F)(F)(F)F. The lowest BCUT2D eigenvalue weighted by atomic mass is 10.9. The fourth-order valence-electron chi connectivity index (χ4n) is 0.527. The van der Waals surface area contributed by atoms with Crippen LogP contribution in [-0.2, 0) is 0 Å². The minimum absolute atomic E-state index is 1.13. The van der Waals surface area contributed by atoms with Crippen molar-refractivity contribution in [3.63, 3.8) is 0 Å². The van der Waals surface area contributed by atoms with Crippen molar-refractivity contribution in [3.05, 3.63) is 0 Å².